The molecule has 0 radical (unpaired) electrons. The first-order valence-corrected chi connectivity index (χ1v) is 16.4. The fourth-order valence-electron chi connectivity index (χ4n) is 6.50. The van der Waals surface area contributed by atoms with Gasteiger partial charge < -0.3 is 26.6 Å². The summed E-state index contributed by atoms with van der Waals surface area (Å²) < 4.78 is 5.61. The summed E-state index contributed by atoms with van der Waals surface area (Å²) in [7, 11) is 0. The highest BCUT2D eigenvalue weighted by atomic mass is 16.5. The molecule has 1 saturated carbocycles. The molecule has 0 saturated heterocycles. The smallest absolute Gasteiger partial charge is 0.310 e. The molecule has 6 N–H and O–H groups in total. The number of nitrogens with one attached hydrogen (secondary N) is 1. The van der Waals surface area contributed by atoms with Crippen molar-refractivity contribution < 1.29 is 33.8 Å². The maximum Gasteiger partial charge on any atom is 0.310 e. The minimum Gasteiger partial charge on any atom is -0.454 e. The molecular weight excluding hydrogens is 600 g/mol. The molecule has 256 valence electrons. The van der Waals surface area contributed by atoms with Gasteiger partial charge in [-0.3, -0.25) is 29.0 Å². The van der Waals surface area contributed by atoms with Gasteiger partial charge in [0.25, 0.3) is 0 Å². The molecule has 47 heavy (non-hydrogen) atoms. The number of Topliss-reactive ketones (excluding diaryl/α,β-unsaturated/α-hetero) is 3. The Labute approximate surface area is 277 Å². The van der Waals surface area contributed by atoms with Crippen molar-refractivity contribution in [3.63, 3.8) is 0 Å². The molecule has 1 aromatic heterocycles. The van der Waals surface area contributed by atoms with E-state index in [1.165, 1.54) is 6.20 Å². The van der Waals surface area contributed by atoms with Crippen LogP contribution in [-0.4, -0.2) is 63.6 Å². The number of hydrogen-bond donors (Lipinski definition) is 4. The number of ether oxygens (including phenoxy) is 1. The largest absolute Gasteiger partial charge is 0.454 e. The molecular formula is C36H50N4O7. The van der Waals surface area contributed by atoms with Crippen molar-refractivity contribution in [2.45, 2.75) is 97.6 Å². The number of pyridine rings is 1. The number of ketones is 3. The van der Waals surface area contributed by atoms with Crippen molar-refractivity contribution in [3.8, 4) is 0 Å². The van der Waals surface area contributed by atoms with Gasteiger partial charge in [-0.1, -0.05) is 84.4 Å². The minimum absolute atomic E-state index is 0.0382. The molecule has 11 nitrogen and oxygen atoms in total. The monoisotopic (exact) mass is 650 g/mol. The molecule has 0 aliphatic heterocycles. The highest BCUT2D eigenvalue weighted by Crippen LogP contribution is 2.47. The van der Waals surface area contributed by atoms with Crippen LogP contribution in [0.5, 0.6) is 0 Å². The van der Waals surface area contributed by atoms with Crippen molar-refractivity contribution in [2.24, 2.45) is 40.6 Å². The van der Waals surface area contributed by atoms with Gasteiger partial charge in [0.2, 0.25) is 5.91 Å². The number of rotatable bonds is 15. The van der Waals surface area contributed by atoms with Crippen LogP contribution in [-0.2, 0) is 35.1 Å². The number of benzene rings is 1. The van der Waals surface area contributed by atoms with E-state index >= 15 is 0 Å². The van der Waals surface area contributed by atoms with E-state index < -0.39 is 83.2 Å². The zero-order chi connectivity index (χ0) is 35.1. The number of aliphatic hydroxyl groups excluding tert-OH is 1. The molecule has 3 rings (SSSR count). The first kappa shape index (κ1) is 37.7. The topological polar surface area (TPSA) is 192 Å². The summed E-state index contributed by atoms with van der Waals surface area (Å²) in [6.07, 6.45) is -1.51. The average Bonchev–Trinajstić information content (AvgIpc) is 3.03. The van der Waals surface area contributed by atoms with Crippen molar-refractivity contribution in [2.75, 3.05) is 0 Å². The normalized spacial score (nSPS) is 23.1. The maximum absolute atomic E-state index is 14.8. The van der Waals surface area contributed by atoms with Crippen molar-refractivity contribution >= 4 is 29.2 Å². The summed E-state index contributed by atoms with van der Waals surface area (Å²) in [5, 5.41) is 14.4. The average molecular weight is 651 g/mol. The standard InChI is InChI=1S/C36H50N4O7/c1-7-22(6)30(38)33(44)31(25-15-11-12-16-39-25)40-35(46)36(21(4)5)29(32(43)24(37)17-20(2)3)26(41)19-27(34(36)45)47-28(42)18-23-13-9-8-10-14-23/h8-16,20-22,24,27,29-32,43H,7,17-19,37-38H2,1-6H3,(H,40,46)/t22-,24-,27-,29?,30-,31?,32+,36-/m0/s1. The summed E-state index contributed by atoms with van der Waals surface area (Å²) in [5.41, 5.74) is 11.3. The second-order valence-corrected chi connectivity index (χ2v) is 13.4. The van der Waals surface area contributed by atoms with Crippen LogP contribution in [0.3, 0.4) is 0 Å². The Morgan fingerprint density at radius 1 is 1.02 bits per heavy atom. The number of carbonyl (C=O) groups excluding carboxylic acids is 5. The SMILES string of the molecule is CC[C@H](C)[C@H](N)C(=O)C(NC(=O)[C@]1(C(C)C)C(=O)[C@@H](OC(=O)Cc2ccccc2)CC(=O)C1[C@H](O)[C@@H](N)CC(C)C)c1ccccn1. The number of esters is 1. The molecule has 8 atom stereocenters. The molecule has 1 fully saturated rings. The number of aromatic nitrogens is 1. The van der Waals surface area contributed by atoms with Crippen LogP contribution in [0.4, 0.5) is 0 Å². The first-order chi connectivity index (χ1) is 22.2. The van der Waals surface area contributed by atoms with Gasteiger partial charge in [-0.2, -0.15) is 0 Å². The third-order valence-corrected chi connectivity index (χ3v) is 9.33. The molecule has 1 heterocycles. The third kappa shape index (κ3) is 8.38. The Kier molecular flexibility index (Phi) is 13.1. The predicted octanol–water partition coefficient (Wildman–Crippen LogP) is 2.87. The van der Waals surface area contributed by atoms with Crippen molar-refractivity contribution in [1.82, 2.24) is 10.3 Å². The zero-order valence-corrected chi connectivity index (χ0v) is 28.2. The second-order valence-electron chi connectivity index (χ2n) is 13.4. The molecule has 1 aromatic carbocycles. The fourth-order valence-corrected chi connectivity index (χ4v) is 6.50. The van der Waals surface area contributed by atoms with Gasteiger partial charge >= 0.3 is 5.97 Å². The number of nitrogens with two attached hydrogens (primary N) is 2. The quantitative estimate of drug-likeness (QED) is 0.165. The van der Waals surface area contributed by atoms with E-state index in [9.17, 15) is 29.1 Å². The fraction of sp³-hybridized carbons (Fsp3) is 0.556. The Morgan fingerprint density at radius 3 is 2.21 bits per heavy atom. The summed E-state index contributed by atoms with van der Waals surface area (Å²) >= 11 is 0. The molecule has 0 spiro atoms. The van der Waals surface area contributed by atoms with Gasteiger partial charge in [0.15, 0.2) is 17.7 Å². The summed E-state index contributed by atoms with van der Waals surface area (Å²) in [4.78, 5) is 74.6. The predicted molar refractivity (Wildman–Crippen MR) is 176 cm³/mol. The maximum atomic E-state index is 14.8. The summed E-state index contributed by atoms with van der Waals surface area (Å²) in [6, 6.07) is 10.3. The van der Waals surface area contributed by atoms with E-state index in [1.807, 2.05) is 27.7 Å². The van der Waals surface area contributed by atoms with Crippen molar-refractivity contribution in [1.29, 1.82) is 0 Å². The molecule has 2 unspecified atom stereocenters. The summed E-state index contributed by atoms with van der Waals surface area (Å²) in [6.45, 7) is 10.7. The van der Waals surface area contributed by atoms with Gasteiger partial charge in [0.05, 0.1) is 36.6 Å². The lowest BCUT2D eigenvalue weighted by Crippen LogP contribution is -2.68. The zero-order valence-electron chi connectivity index (χ0n) is 28.2. The molecule has 1 aliphatic carbocycles. The van der Waals surface area contributed by atoms with E-state index in [0.717, 1.165) is 0 Å². The number of aliphatic hydroxyl groups is 1. The number of hydrogen-bond acceptors (Lipinski definition) is 10. The molecule has 11 heteroatoms. The van der Waals surface area contributed by atoms with E-state index in [1.54, 1.807) is 62.4 Å². The number of nitrogens with zero attached hydrogens (tertiary/aromatic N) is 1. The van der Waals surface area contributed by atoms with E-state index in [2.05, 4.69) is 10.3 Å². The van der Waals surface area contributed by atoms with Crippen LogP contribution in [0, 0.1) is 29.1 Å². The first-order valence-electron chi connectivity index (χ1n) is 16.4. The lowest BCUT2D eigenvalue weighted by Gasteiger charge is -2.48. The van der Waals surface area contributed by atoms with E-state index in [-0.39, 0.29) is 24.0 Å². The van der Waals surface area contributed by atoms with Crippen molar-refractivity contribution in [3.05, 3.63) is 66.0 Å². The van der Waals surface area contributed by atoms with Crippen LogP contribution in [0.15, 0.2) is 54.7 Å². The summed E-state index contributed by atoms with van der Waals surface area (Å²) in [5.74, 6) is -6.42. The molecule has 1 amide bonds. The minimum atomic E-state index is -2.26. The molecule has 2 aromatic rings. The highest BCUT2D eigenvalue weighted by molar-refractivity contribution is 6.16. The van der Waals surface area contributed by atoms with Gasteiger partial charge in [-0.15, -0.1) is 0 Å². The van der Waals surface area contributed by atoms with E-state index in [4.69, 9.17) is 16.2 Å². The Bertz CT molecular complexity index is 1400. The Balaban J connectivity index is 2.13. The number of carbonyl (C=O) groups is 5. The van der Waals surface area contributed by atoms with Gasteiger partial charge in [0, 0.05) is 12.2 Å². The Morgan fingerprint density at radius 2 is 1.66 bits per heavy atom. The van der Waals surface area contributed by atoms with E-state index in [0.29, 0.717) is 18.4 Å². The molecule has 1 aliphatic rings. The highest BCUT2D eigenvalue weighted by Gasteiger charge is 2.65. The van der Waals surface area contributed by atoms with Gasteiger partial charge in [-0.05, 0) is 41.9 Å². The molecule has 0 bridgehead atoms. The van der Waals surface area contributed by atoms with Crippen LogP contribution in [0.1, 0.15) is 78.1 Å². The Hall–Kier alpha value is -3.80. The lowest BCUT2D eigenvalue weighted by molar-refractivity contribution is -0.180. The van der Waals surface area contributed by atoms with Gasteiger partial charge in [0.1, 0.15) is 17.2 Å². The van der Waals surface area contributed by atoms with Crippen LogP contribution < -0.4 is 16.8 Å². The lowest BCUT2D eigenvalue weighted by atomic mass is 9.55. The van der Waals surface area contributed by atoms with Crippen LogP contribution in [0.25, 0.3) is 0 Å². The van der Waals surface area contributed by atoms with Gasteiger partial charge in [-0.25, -0.2) is 0 Å². The van der Waals surface area contributed by atoms with Crippen LogP contribution in [0.2, 0.25) is 0 Å². The second kappa shape index (κ2) is 16.3. The van der Waals surface area contributed by atoms with Crippen LogP contribution >= 0.6 is 0 Å². The number of amides is 1. The third-order valence-electron chi connectivity index (χ3n) is 9.33.